The van der Waals surface area contributed by atoms with Crippen molar-refractivity contribution in [1.29, 1.82) is 0 Å². The molecule has 0 aromatic rings. The summed E-state index contributed by atoms with van der Waals surface area (Å²) in [6.07, 6.45) is 3.78. The van der Waals surface area contributed by atoms with E-state index in [1.54, 1.807) is 0 Å². The molecule has 0 spiro atoms. The molecule has 7 heteroatoms. The zero-order valence-corrected chi connectivity index (χ0v) is 14.4. The Hall–Kier alpha value is -1.18. The average Bonchev–Trinajstić information content (AvgIpc) is 2.55. The normalized spacial score (nSPS) is 26.3. The number of piperazine rings is 1. The molecule has 1 amide bonds. The molecule has 2 N–H and O–H groups in total. The van der Waals surface area contributed by atoms with Crippen LogP contribution >= 0.6 is 0 Å². The van der Waals surface area contributed by atoms with Crippen LogP contribution in [0, 0.1) is 0 Å². The fourth-order valence-electron chi connectivity index (χ4n) is 3.34. The molecule has 7 nitrogen and oxygen atoms in total. The van der Waals surface area contributed by atoms with Crippen molar-refractivity contribution in [3.63, 3.8) is 0 Å². The number of likely N-dealkylation sites (N-methyl/N-ethyl adjacent to an activating group) is 1. The highest BCUT2D eigenvalue weighted by atomic mass is 16.5. The van der Waals surface area contributed by atoms with Crippen molar-refractivity contribution in [3.05, 3.63) is 0 Å². The summed E-state index contributed by atoms with van der Waals surface area (Å²) in [6, 6.07) is 0.491. The van der Waals surface area contributed by atoms with E-state index in [4.69, 9.17) is 10.5 Å². The Kier molecular flexibility index (Phi) is 6.80. The maximum absolute atomic E-state index is 12.6. The van der Waals surface area contributed by atoms with Gasteiger partial charge >= 0.3 is 5.97 Å². The number of carbonyl (C=O) groups excluding carboxylic acids is 2. The Balaban J connectivity index is 1.93. The zero-order valence-electron chi connectivity index (χ0n) is 14.4. The monoisotopic (exact) mass is 326 g/mol. The Morgan fingerprint density at radius 3 is 2.26 bits per heavy atom. The maximum Gasteiger partial charge on any atom is 0.319 e. The van der Waals surface area contributed by atoms with Gasteiger partial charge in [0.2, 0.25) is 5.91 Å². The first-order chi connectivity index (χ1) is 11.0. The number of ether oxygens (including phenoxy) is 1. The number of amides is 1. The minimum absolute atomic E-state index is 0.108. The maximum atomic E-state index is 12.6. The van der Waals surface area contributed by atoms with Gasteiger partial charge in [0.15, 0.2) is 0 Å². The first-order valence-corrected chi connectivity index (χ1v) is 8.52. The van der Waals surface area contributed by atoms with E-state index >= 15 is 0 Å². The van der Waals surface area contributed by atoms with E-state index in [0.717, 1.165) is 51.9 Å². The first-order valence-electron chi connectivity index (χ1n) is 8.52. The van der Waals surface area contributed by atoms with E-state index in [2.05, 4.69) is 11.9 Å². The van der Waals surface area contributed by atoms with Gasteiger partial charge in [-0.15, -0.1) is 0 Å². The summed E-state index contributed by atoms with van der Waals surface area (Å²) in [6.45, 7) is 3.80. The van der Waals surface area contributed by atoms with Gasteiger partial charge in [0.1, 0.15) is 0 Å². The lowest BCUT2D eigenvalue weighted by molar-refractivity contribution is -0.144. The van der Waals surface area contributed by atoms with Crippen molar-refractivity contribution in [1.82, 2.24) is 14.7 Å². The molecule has 0 atom stereocenters. The number of nitrogens with zero attached hydrogens (tertiary/aromatic N) is 3. The molecule has 2 fully saturated rings. The van der Waals surface area contributed by atoms with Gasteiger partial charge in [-0.1, -0.05) is 0 Å². The van der Waals surface area contributed by atoms with Gasteiger partial charge < -0.3 is 20.3 Å². The molecule has 1 aliphatic carbocycles. The predicted molar refractivity (Wildman–Crippen MR) is 87.9 cm³/mol. The van der Waals surface area contributed by atoms with Crippen molar-refractivity contribution >= 4 is 11.9 Å². The lowest BCUT2D eigenvalue weighted by Crippen LogP contribution is -2.52. The van der Waals surface area contributed by atoms with Gasteiger partial charge in [-0.05, 0) is 32.7 Å². The van der Waals surface area contributed by atoms with Gasteiger partial charge in [-0.3, -0.25) is 14.5 Å². The van der Waals surface area contributed by atoms with Gasteiger partial charge in [-0.25, -0.2) is 0 Å². The molecule has 0 aromatic carbocycles. The van der Waals surface area contributed by atoms with Crippen molar-refractivity contribution < 1.29 is 14.3 Å². The summed E-state index contributed by atoms with van der Waals surface area (Å²) >= 11 is 0. The van der Waals surface area contributed by atoms with Crippen LogP contribution in [0.2, 0.25) is 0 Å². The predicted octanol–water partition coefficient (Wildman–Crippen LogP) is -0.495. The summed E-state index contributed by atoms with van der Waals surface area (Å²) in [7, 11) is 3.45. The van der Waals surface area contributed by atoms with Crippen molar-refractivity contribution in [2.75, 3.05) is 53.4 Å². The Morgan fingerprint density at radius 2 is 1.70 bits per heavy atom. The van der Waals surface area contributed by atoms with E-state index < -0.39 is 0 Å². The summed E-state index contributed by atoms with van der Waals surface area (Å²) in [5.74, 6) is -0.178. The molecule has 2 rings (SSSR count). The third-order valence-electron chi connectivity index (χ3n) is 5.01. The van der Waals surface area contributed by atoms with Gasteiger partial charge in [0.25, 0.3) is 0 Å². The van der Waals surface area contributed by atoms with Crippen LogP contribution in [0.25, 0.3) is 0 Å². The highest BCUT2D eigenvalue weighted by Crippen LogP contribution is 2.22. The largest absolute Gasteiger partial charge is 0.468 e. The lowest BCUT2D eigenvalue weighted by atomic mass is 9.90. The third-order valence-corrected chi connectivity index (χ3v) is 5.01. The molecule has 2 aliphatic rings. The second kappa shape index (κ2) is 8.61. The first kappa shape index (κ1) is 18.2. The number of methoxy groups -OCH3 is 1. The van der Waals surface area contributed by atoms with Crippen LogP contribution in [0.1, 0.15) is 25.7 Å². The number of hydrogen-bond acceptors (Lipinski definition) is 6. The Labute approximate surface area is 138 Å². The average molecular weight is 326 g/mol. The van der Waals surface area contributed by atoms with Crippen molar-refractivity contribution in [2.24, 2.45) is 5.73 Å². The summed E-state index contributed by atoms with van der Waals surface area (Å²) in [5, 5.41) is 0. The quantitative estimate of drug-likeness (QED) is 0.687. The van der Waals surface area contributed by atoms with Gasteiger partial charge in [-0.2, -0.15) is 0 Å². The number of esters is 1. The van der Waals surface area contributed by atoms with Crippen LogP contribution in [-0.4, -0.2) is 92.1 Å². The number of rotatable bonds is 5. The molecule has 23 heavy (non-hydrogen) atoms. The van der Waals surface area contributed by atoms with Crippen LogP contribution in [0.4, 0.5) is 0 Å². The summed E-state index contributed by atoms with van der Waals surface area (Å²) in [5.41, 5.74) is 5.97. The fraction of sp³-hybridized carbons (Fsp3) is 0.875. The molecular formula is C16H30N4O3. The molecule has 0 aromatic heterocycles. The number of carbonyl (C=O) groups is 2. The standard InChI is InChI=1S/C16H30N4O3/c1-18-7-9-19(10-8-18)15(21)11-20(12-16(22)23-2)14-5-3-13(17)4-6-14/h13-14H,3-12,17H2,1-2H3. The Morgan fingerprint density at radius 1 is 1.09 bits per heavy atom. The second-order valence-corrected chi connectivity index (χ2v) is 6.73. The third kappa shape index (κ3) is 5.44. The van der Waals surface area contributed by atoms with Crippen LogP contribution in [-0.2, 0) is 14.3 Å². The highest BCUT2D eigenvalue weighted by Gasteiger charge is 2.29. The molecule has 1 saturated carbocycles. The molecule has 1 heterocycles. The molecule has 0 unspecified atom stereocenters. The molecule has 1 aliphatic heterocycles. The molecule has 1 saturated heterocycles. The van der Waals surface area contributed by atoms with E-state index in [0.29, 0.717) is 6.54 Å². The molecule has 0 radical (unpaired) electrons. The summed E-state index contributed by atoms with van der Waals surface area (Å²) in [4.78, 5) is 30.4. The smallest absolute Gasteiger partial charge is 0.319 e. The topological polar surface area (TPSA) is 79.1 Å². The SMILES string of the molecule is COC(=O)CN(CC(=O)N1CCN(C)CC1)C1CCC(N)CC1. The van der Waals surface area contributed by atoms with E-state index in [-0.39, 0.29) is 30.5 Å². The number of hydrogen-bond donors (Lipinski definition) is 1. The lowest BCUT2D eigenvalue weighted by Gasteiger charge is -2.37. The van der Waals surface area contributed by atoms with Crippen molar-refractivity contribution in [3.8, 4) is 0 Å². The van der Waals surface area contributed by atoms with Gasteiger partial charge in [0, 0.05) is 38.3 Å². The van der Waals surface area contributed by atoms with Gasteiger partial charge in [0.05, 0.1) is 20.2 Å². The molecule has 0 bridgehead atoms. The van der Waals surface area contributed by atoms with Crippen LogP contribution in [0.5, 0.6) is 0 Å². The molecular weight excluding hydrogens is 296 g/mol. The van der Waals surface area contributed by atoms with Crippen LogP contribution in [0.3, 0.4) is 0 Å². The summed E-state index contributed by atoms with van der Waals surface area (Å²) < 4.78 is 4.80. The molecule has 132 valence electrons. The highest BCUT2D eigenvalue weighted by molar-refractivity contribution is 5.79. The minimum Gasteiger partial charge on any atom is -0.468 e. The van der Waals surface area contributed by atoms with E-state index in [1.807, 2.05) is 9.80 Å². The van der Waals surface area contributed by atoms with E-state index in [1.165, 1.54) is 7.11 Å². The van der Waals surface area contributed by atoms with Crippen molar-refractivity contribution in [2.45, 2.75) is 37.8 Å². The Bertz CT molecular complexity index is 402. The fourth-order valence-corrected chi connectivity index (χ4v) is 3.34. The van der Waals surface area contributed by atoms with Crippen LogP contribution in [0.15, 0.2) is 0 Å². The zero-order chi connectivity index (χ0) is 16.8. The van der Waals surface area contributed by atoms with E-state index in [9.17, 15) is 9.59 Å². The number of nitrogens with two attached hydrogens (primary N) is 1. The minimum atomic E-state index is -0.286. The van der Waals surface area contributed by atoms with Crippen LogP contribution < -0.4 is 5.73 Å². The second-order valence-electron chi connectivity index (χ2n) is 6.73.